The predicted octanol–water partition coefficient (Wildman–Crippen LogP) is 4.66. The molecule has 4 aromatic rings. The lowest BCUT2D eigenvalue weighted by molar-refractivity contribution is -0.113. The van der Waals surface area contributed by atoms with Crippen molar-refractivity contribution >= 4 is 34.1 Å². The maximum absolute atomic E-state index is 12.2. The molecule has 1 amide bonds. The third-order valence-electron chi connectivity index (χ3n) is 4.12. The van der Waals surface area contributed by atoms with Gasteiger partial charge in [0.15, 0.2) is 5.82 Å². The molecule has 0 unspecified atom stereocenters. The highest BCUT2D eigenvalue weighted by Crippen LogP contribution is 2.21. The van der Waals surface area contributed by atoms with Crippen LogP contribution in [0.4, 0.5) is 5.69 Å². The maximum Gasteiger partial charge on any atom is 0.234 e. The van der Waals surface area contributed by atoms with Gasteiger partial charge in [-0.25, -0.2) is 4.98 Å². The quantitative estimate of drug-likeness (QED) is 0.498. The lowest BCUT2D eigenvalue weighted by atomic mass is 10.1. The normalized spacial score (nSPS) is 10.9. The molecule has 0 saturated heterocycles. The molecule has 4 rings (SSSR count). The summed E-state index contributed by atoms with van der Waals surface area (Å²) in [7, 11) is 0. The van der Waals surface area contributed by atoms with Gasteiger partial charge in [-0.05, 0) is 35.9 Å². The largest absolute Gasteiger partial charge is 0.325 e. The predicted molar refractivity (Wildman–Crippen MR) is 110 cm³/mol. The van der Waals surface area contributed by atoms with Crippen molar-refractivity contribution in [2.75, 3.05) is 11.1 Å². The van der Waals surface area contributed by atoms with Crippen LogP contribution in [0.25, 0.3) is 22.2 Å². The second-order valence-electron chi connectivity index (χ2n) is 6.23. The van der Waals surface area contributed by atoms with Crippen LogP contribution >= 0.6 is 11.8 Å². The molecule has 0 aliphatic rings. The Labute approximate surface area is 161 Å². The zero-order chi connectivity index (χ0) is 18.6. The van der Waals surface area contributed by atoms with Gasteiger partial charge in [-0.2, -0.15) is 0 Å². The number of benzene rings is 3. The van der Waals surface area contributed by atoms with E-state index < -0.39 is 0 Å². The van der Waals surface area contributed by atoms with Crippen molar-refractivity contribution in [1.82, 2.24) is 15.2 Å². The van der Waals surface area contributed by atoms with E-state index in [9.17, 15) is 4.79 Å². The fourth-order valence-electron chi connectivity index (χ4n) is 2.83. The van der Waals surface area contributed by atoms with Gasteiger partial charge in [0, 0.05) is 11.3 Å². The summed E-state index contributed by atoms with van der Waals surface area (Å²) in [6.45, 7) is 2.03. The number of carbonyl (C=O) groups is 1. The number of hydrogen-bond acceptors (Lipinski definition) is 4. The number of carbonyl (C=O) groups excluding carboxylic acids is 1. The Morgan fingerprint density at radius 3 is 2.74 bits per heavy atom. The Balaban J connectivity index is 1.37. The molecule has 0 atom stereocenters. The topological polar surface area (TPSA) is 70.7 Å². The summed E-state index contributed by atoms with van der Waals surface area (Å²) >= 11 is 1.31. The smallest absolute Gasteiger partial charge is 0.234 e. The van der Waals surface area contributed by atoms with Gasteiger partial charge in [0.25, 0.3) is 0 Å². The zero-order valence-corrected chi connectivity index (χ0v) is 15.6. The number of aromatic nitrogens is 3. The summed E-state index contributed by atoms with van der Waals surface area (Å²) in [4.78, 5) is 16.7. The Kier molecular flexibility index (Phi) is 4.89. The maximum atomic E-state index is 12.2. The average Bonchev–Trinajstić information content (AvgIpc) is 3.15. The first kappa shape index (κ1) is 17.3. The van der Waals surface area contributed by atoms with Crippen LogP contribution in [-0.2, 0) is 4.79 Å². The highest BCUT2D eigenvalue weighted by molar-refractivity contribution is 7.99. The molecule has 0 aliphatic carbocycles. The van der Waals surface area contributed by atoms with Gasteiger partial charge < -0.3 is 5.32 Å². The third-order valence-corrected chi connectivity index (χ3v) is 4.97. The number of H-pyrrole nitrogens is 1. The van der Waals surface area contributed by atoms with Crippen LogP contribution in [0.2, 0.25) is 0 Å². The number of thioether (sulfide) groups is 1. The first-order valence-corrected chi connectivity index (χ1v) is 9.57. The van der Waals surface area contributed by atoms with Gasteiger partial charge in [0.05, 0.1) is 5.75 Å². The standard InChI is InChI=1S/C21H18N4OS/c1-14-5-4-8-17(11-14)20-23-21(25-24-20)27-13-19(26)22-18-10-9-15-6-2-3-7-16(15)12-18/h2-12H,13H2,1H3,(H,22,26)(H,23,24,25). The van der Waals surface area contributed by atoms with E-state index in [-0.39, 0.29) is 11.7 Å². The summed E-state index contributed by atoms with van der Waals surface area (Å²) in [5, 5.41) is 12.8. The Morgan fingerprint density at radius 1 is 1.04 bits per heavy atom. The lowest BCUT2D eigenvalue weighted by Gasteiger charge is -2.05. The van der Waals surface area contributed by atoms with Crippen LogP contribution in [0.3, 0.4) is 0 Å². The van der Waals surface area contributed by atoms with E-state index in [2.05, 4.69) is 20.5 Å². The fraction of sp³-hybridized carbons (Fsp3) is 0.0952. The number of hydrogen-bond donors (Lipinski definition) is 2. The highest BCUT2D eigenvalue weighted by atomic mass is 32.2. The molecule has 5 nitrogen and oxygen atoms in total. The van der Waals surface area contributed by atoms with Crippen LogP contribution in [0, 0.1) is 6.92 Å². The average molecular weight is 374 g/mol. The van der Waals surface area contributed by atoms with E-state index >= 15 is 0 Å². The summed E-state index contributed by atoms with van der Waals surface area (Å²) in [5.41, 5.74) is 2.93. The number of rotatable bonds is 5. The Morgan fingerprint density at radius 2 is 1.89 bits per heavy atom. The molecule has 0 spiro atoms. The minimum absolute atomic E-state index is 0.0859. The molecule has 0 aliphatic heterocycles. The van der Waals surface area contributed by atoms with E-state index in [1.165, 1.54) is 11.8 Å². The number of aryl methyl sites for hydroxylation is 1. The molecule has 3 aromatic carbocycles. The monoisotopic (exact) mass is 374 g/mol. The number of anilines is 1. The number of nitrogens with zero attached hydrogens (tertiary/aromatic N) is 2. The van der Waals surface area contributed by atoms with E-state index in [4.69, 9.17) is 0 Å². The molecule has 0 bridgehead atoms. The second-order valence-corrected chi connectivity index (χ2v) is 7.18. The third kappa shape index (κ3) is 4.17. The van der Waals surface area contributed by atoms with Gasteiger partial charge >= 0.3 is 0 Å². The molecule has 6 heteroatoms. The van der Waals surface area contributed by atoms with Gasteiger partial charge in [-0.15, -0.1) is 5.10 Å². The van der Waals surface area contributed by atoms with Gasteiger partial charge in [-0.1, -0.05) is 65.9 Å². The van der Waals surface area contributed by atoms with Crippen LogP contribution in [0.1, 0.15) is 5.56 Å². The van der Waals surface area contributed by atoms with Crippen LogP contribution in [-0.4, -0.2) is 26.8 Å². The van der Waals surface area contributed by atoms with Crippen molar-refractivity contribution in [3.05, 3.63) is 72.3 Å². The van der Waals surface area contributed by atoms with Crippen molar-refractivity contribution < 1.29 is 4.79 Å². The summed E-state index contributed by atoms with van der Waals surface area (Å²) in [5.74, 6) is 0.867. The minimum Gasteiger partial charge on any atom is -0.325 e. The highest BCUT2D eigenvalue weighted by Gasteiger charge is 2.09. The second kappa shape index (κ2) is 7.63. The van der Waals surface area contributed by atoms with E-state index in [1.807, 2.05) is 73.7 Å². The Hall–Kier alpha value is -3.12. The number of fused-ring (bicyclic) bond motifs is 1. The number of aromatic amines is 1. The first-order valence-electron chi connectivity index (χ1n) is 8.58. The molecule has 1 heterocycles. The lowest BCUT2D eigenvalue weighted by Crippen LogP contribution is -2.14. The molecule has 27 heavy (non-hydrogen) atoms. The van der Waals surface area contributed by atoms with Gasteiger partial charge in [-0.3, -0.25) is 9.89 Å². The SMILES string of the molecule is Cc1cccc(-c2nc(SCC(=O)Nc3ccc4ccccc4c3)n[nH]2)c1. The molecule has 1 aromatic heterocycles. The summed E-state index contributed by atoms with van der Waals surface area (Å²) in [6, 6.07) is 22.0. The van der Waals surface area contributed by atoms with Crippen molar-refractivity contribution in [1.29, 1.82) is 0 Å². The summed E-state index contributed by atoms with van der Waals surface area (Å²) in [6.07, 6.45) is 0. The molecule has 0 saturated carbocycles. The number of amides is 1. The number of nitrogens with one attached hydrogen (secondary N) is 2. The summed E-state index contributed by atoms with van der Waals surface area (Å²) < 4.78 is 0. The zero-order valence-electron chi connectivity index (χ0n) is 14.8. The first-order chi connectivity index (χ1) is 13.2. The van der Waals surface area contributed by atoms with E-state index in [1.54, 1.807) is 0 Å². The van der Waals surface area contributed by atoms with Crippen molar-refractivity contribution in [2.45, 2.75) is 12.1 Å². The molecule has 0 radical (unpaired) electrons. The van der Waals surface area contributed by atoms with E-state index in [0.717, 1.165) is 27.6 Å². The van der Waals surface area contributed by atoms with Crippen LogP contribution in [0.15, 0.2) is 71.9 Å². The molecule has 0 fully saturated rings. The van der Waals surface area contributed by atoms with Crippen molar-refractivity contribution in [3.8, 4) is 11.4 Å². The molecule has 2 N–H and O–H groups in total. The molecular weight excluding hydrogens is 356 g/mol. The molecule has 134 valence electrons. The van der Waals surface area contributed by atoms with Crippen molar-refractivity contribution in [2.24, 2.45) is 0 Å². The van der Waals surface area contributed by atoms with Crippen LogP contribution in [0.5, 0.6) is 0 Å². The fourth-order valence-corrected chi connectivity index (χ4v) is 3.43. The van der Waals surface area contributed by atoms with Crippen LogP contribution < -0.4 is 5.32 Å². The van der Waals surface area contributed by atoms with E-state index in [0.29, 0.717) is 11.0 Å². The van der Waals surface area contributed by atoms with Gasteiger partial charge in [0.1, 0.15) is 0 Å². The Bertz CT molecular complexity index is 1110. The molecular formula is C21H18N4OS. The minimum atomic E-state index is -0.0859. The van der Waals surface area contributed by atoms with Gasteiger partial charge in [0.2, 0.25) is 11.1 Å². The van der Waals surface area contributed by atoms with Crippen molar-refractivity contribution in [3.63, 3.8) is 0 Å².